The van der Waals surface area contributed by atoms with Gasteiger partial charge in [-0.3, -0.25) is 48.1 Å². The predicted octanol–water partition coefficient (Wildman–Crippen LogP) is -5.86. The molecule has 1 rings (SSSR count). The summed E-state index contributed by atoms with van der Waals surface area (Å²) in [6, 6.07) is -10.9. The van der Waals surface area contributed by atoms with Crippen LogP contribution in [0.25, 0.3) is 0 Å². The van der Waals surface area contributed by atoms with E-state index in [9.17, 15) is 63.3 Å². The summed E-state index contributed by atoms with van der Waals surface area (Å²) in [6.45, 7) is 3.26. The maximum atomic E-state index is 14.3. The van der Waals surface area contributed by atoms with Gasteiger partial charge in [0.1, 0.15) is 42.3 Å². The maximum absolute atomic E-state index is 14.3. The molecular weight excluding hydrogens is 885 g/mol. The second kappa shape index (κ2) is 30.9. The first-order valence-corrected chi connectivity index (χ1v) is 22.3. The highest BCUT2D eigenvalue weighted by Crippen LogP contribution is 2.21. The van der Waals surface area contributed by atoms with Crippen LogP contribution in [0.1, 0.15) is 104 Å². The number of nitrogens with zero attached hydrogens (tertiary/aromatic N) is 2. The number of aliphatic carboxylic acids is 2. The van der Waals surface area contributed by atoms with Crippen molar-refractivity contribution in [2.45, 2.75) is 158 Å². The molecule has 0 aromatic rings. The number of guanidine groups is 1. The fourth-order valence-corrected chi connectivity index (χ4v) is 6.90. The van der Waals surface area contributed by atoms with Crippen LogP contribution < -0.4 is 66.3 Å². The average Bonchev–Trinajstić information content (AvgIpc) is 3.75. The molecule has 0 aliphatic carbocycles. The number of aliphatic hydroxyl groups is 1. The lowest BCUT2D eigenvalue weighted by atomic mass is 10.0. The Morgan fingerprint density at radius 3 is 1.64 bits per heavy atom. The number of rotatable bonds is 33. The molecule has 1 aliphatic rings. The number of amides is 8. The van der Waals surface area contributed by atoms with Crippen LogP contribution in [0.15, 0.2) is 4.99 Å². The normalized spacial score (nSPS) is 16.9. The van der Waals surface area contributed by atoms with Crippen molar-refractivity contribution >= 4 is 65.2 Å². The molecule has 1 fully saturated rings. The lowest BCUT2D eigenvalue weighted by molar-refractivity contribution is -0.144. The lowest BCUT2D eigenvalue weighted by Crippen LogP contribution is -2.61. The Bertz CT molecular complexity index is 1730. The highest BCUT2D eigenvalue weighted by atomic mass is 16.4. The Morgan fingerprint density at radius 1 is 0.627 bits per heavy atom. The Labute approximate surface area is 388 Å². The monoisotopic (exact) mass is 957 g/mol. The van der Waals surface area contributed by atoms with Gasteiger partial charge in [0.05, 0.1) is 12.1 Å². The molecule has 0 unspecified atom stereocenters. The molecule has 1 heterocycles. The van der Waals surface area contributed by atoms with Crippen LogP contribution in [0, 0.1) is 0 Å². The van der Waals surface area contributed by atoms with Crippen molar-refractivity contribution in [3.63, 3.8) is 0 Å². The van der Waals surface area contributed by atoms with Crippen LogP contribution in [0.4, 0.5) is 0 Å². The molecule has 1 saturated heterocycles. The molecule has 380 valence electrons. The Kier molecular flexibility index (Phi) is 27.1. The zero-order valence-electron chi connectivity index (χ0n) is 38.2. The van der Waals surface area contributed by atoms with Crippen LogP contribution in [0.3, 0.4) is 0 Å². The van der Waals surface area contributed by atoms with Gasteiger partial charge in [0.15, 0.2) is 5.96 Å². The minimum atomic E-state index is -1.63. The van der Waals surface area contributed by atoms with Crippen LogP contribution in [0.2, 0.25) is 0 Å². The maximum Gasteiger partial charge on any atom is 0.326 e. The Balaban J connectivity index is 3.44. The van der Waals surface area contributed by atoms with Gasteiger partial charge >= 0.3 is 11.9 Å². The van der Waals surface area contributed by atoms with E-state index in [2.05, 4.69) is 36.9 Å². The molecule has 0 spiro atoms. The molecule has 0 aromatic carbocycles. The number of carboxylic acids is 2. The number of hydrogen-bond acceptors (Lipinski definition) is 15. The van der Waals surface area contributed by atoms with Crippen molar-refractivity contribution in [3.05, 3.63) is 0 Å². The van der Waals surface area contributed by atoms with Crippen LogP contribution in [0.5, 0.6) is 0 Å². The van der Waals surface area contributed by atoms with Gasteiger partial charge in [0, 0.05) is 25.9 Å². The van der Waals surface area contributed by atoms with Crippen molar-refractivity contribution in [1.82, 2.24) is 36.8 Å². The first kappa shape index (κ1) is 58.8. The number of nitrogens with two attached hydrogens (primary N) is 6. The largest absolute Gasteiger partial charge is 0.481 e. The van der Waals surface area contributed by atoms with E-state index in [1.165, 1.54) is 18.7 Å². The van der Waals surface area contributed by atoms with E-state index in [0.29, 0.717) is 38.6 Å². The second-order valence-corrected chi connectivity index (χ2v) is 16.3. The quantitative estimate of drug-likeness (QED) is 0.0165. The average molecular weight is 957 g/mol. The Hall–Kier alpha value is -6.19. The fourth-order valence-electron chi connectivity index (χ4n) is 6.90. The summed E-state index contributed by atoms with van der Waals surface area (Å²) in [5.41, 5.74) is 33.0. The number of hydrogen-bond donors (Lipinski definition) is 15. The number of nitrogens with one attached hydrogen (secondary N) is 6. The summed E-state index contributed by atoms with van der Waals surface area (Å²) in [5.74, 6) is -9.97. The number of carbonyl (C=O) groups excluding carboxylic acids is 8. The summed E-state index contributed by atoms with van der Waals surface area (Å²) < 4.78 is 0. The zero-order chi connectivity index (χ0) is 50.8. The van der Waals surface area contributed by atoms with E-state index < -0.39 is 139 Å². The van der Waals surface area contributed by atoms with Crippen molar-refractivity contribution < 1.29 is 63.3 Å². The molecular formula is C40H72N14O13. The highest BCUT2D eigenvalue weighted by molar-refractivity contribution is 5.98. The van der Waals surface area contributed by atoms with E-state index >= 15 is 0 Å². The highest BCUT2D eigenvalue weighted by Gasteiger charge is 2.40. The summed E-state index contributed by atoms with van der Waals surface area (Å²) in [4.78, 5) is 135. The van der Waals surface area contributed by atoms with Crippen LogP contribution in [-0.2, 0) is 47.9 Å². The van der Waals surface area contributed by atoms with E-state index in [4.69, 9.17) is 34.4 Å². The topological polar surface area (TPSA) is 475 Å². The van der Waals surface area contributed by atoms with Gasteiger partial charge in [-0.1, -0.05) is 0 Å². The van der Waals surface area contributed by atoms with Gasteiger partial charge in [-0.05, 0) is 104 Å². The summed E-state index contributed by atoms with van der Waals surface area (Å²) >= 11 is 0. The van der Waals surface area contributed by atoms with Crippen molar-refractivity contribution in [1.29, 1.82) is 0 Å². The molecule has 27 nitrogen and oxygen atoms in total. The number of aliphatic imine (C=N–C) groups is 1. The smallest absolute Gasteiger partial charge is 0.326 e. The summed E-state index contributed by atoms with van der Waals surface area (Å²) in [6.07, 6.45) is -1.19. The SMILES string of the molecule is C[C@H](N)C(=O)N[C@@H](CCCCN)C(=O)N[C@H](C(=O)N[C@@H](CCCCN)C(=O)N1CCC[C@H]1C(=O)N[C@@H](CCCN=C(N)N)C(=O)N[C@@H](CCC(=O)O)C(=O)N[C@@H](CCC(N)=O)C(=O)O)[C@@H](C)O. The first-order valence-electron chi connectivity index (χ1n) is 22.3. The van der Waals surface area contributed by atoms with Crippen molar-refractivity contribution in [2.75, 3.05) is 26.2 Å². The van der Waals surface area contributed by atoms with E-state index in [-0.39, 0.29) is 57.7 Å². The third-order valence-corrected chi connectivity index (χ3v) is 10.6. The van der Waals surface area contributed by atoms with Crippen molar-refractivity contribution in [2.24, 2.45) is 39.4 Å². The first-order chi connectivity index (χ1) is 31.5. The number of aliphatic hydroxyl groups excluding tert-OH is 1. The molecule has 1 aliphatic heterocycles. The third kappa shape index (κ3) is 22.2. The molecule has 0 saturated carbocycles. The molecule has 67 heavy (non-hydrogen) atoms. The number of unbranched alkanes of at least 4 members (excludes halogenated alkanes) is 2. The lowest BCUT2D eigenvalue weighted by Gasteiger charge is -2.31. The van der Waals surface area contributed by atoms with Gasteiger partial charge in [-0.25, -0.2) is 4.79 Å². The molecule has 8 amide bonds. The second-order valence-electron chi connectivity index (χ2n) is 16.3. The van der Waals surface area contributed by atoms with Gasteiger partial charge in [-0.15, -0.1) is 0 Å². The predicted molar refractivity (Wildman–Crippen MR) is 240 cm³/mol. The van der Waals surface area contributed by atoms with Crippen LogP contribution in [-0.4, -0.2) is 166 Å². The third-order valence-electron chi connectivity index (χ3n) is 10.6. The standard InChI is InChI=1S/C40H72N14O13/c1-21(43)32(59)48-23(9-3-5-17-41)35(62)53-31(22(2)55)37(64)51-26(10-4-6-18-42)38(65)54-20-8-12-28(54)36(63)50-24(11-7-19-47-40(45)46)33(60)49-25(14-16-30(57)58)34(61)52-27(39(66)67)13-15-29(44)56/h21-28,31,55H,3-20,41-43H2,1-2H3,(H2,44,56)(H,48,59)(H,49,60)(H,50,63)(H,51,64)(H,52,61)(H,53,62)(H,57,58)(H,66,67)(H4,45,46,47)/t21-,22+,23-,24-,25-,26-,27-,28-,31-/m0/s1. The minimum Gasteiger partial charge on any atom is -0.481 e. The van der Waals surface area contributed by atoms with E-state index in [1.54, 1.807) is 0 Å². The minimum absolute atomic E-state index is 0.00628. The molecule has 27 heteroatoms. The fraction of sp³-hybridized carbons (Fsp3) is 0.725. The summed E-state index contributed by atoms with van der Waals surface area (Å²) in [5, 5.41) is 44.3. The molecule has 0 aromatic heterocycles. The zero-order valence-corrected chi connectivity index (χ0v) is 38.2. The molecule has 0 radical (unpaired) electrons. The van der Waals surface area contributed by atoms with Crippen LogP contribution >= 0.6 is 0 Å². The number of carboxylic acid groups (broad SMARTS) is 2. The molecule has 21 N–H and O–H groups in total. The number of carbonyl (C=O) groups is 10. The van der Waals surface area contributed by atoms with Gasteiger partial charge in [0.2, 0.25) is 47.3 Å². The molecule has 0 bridgehead atoms. The Morgan fingerprint density at radius 2 is 1.12 bits per heavy atom. The van der Waals surface area contributed by atoms with Gasteiger partial charge in [-0.2, -0.15) is 0 Å². The van der Waals surface area contributed by atoms with Gasteiger partial charge in [0.25, 0.3) is 0 Å². The molecule has 9 atom stereocenters. The summed E-state index contributed by atoms with van der Waals surface area (Å²) in [7, 11) is 0. The van der Waals surface area contributed by atoms with Gasteiger partial charge < -0.3 is 86.5 Å². The van der Waals surface area contributed by atoms with E-state index in [0.717, 1.165) is 0 Å². The number of primary amides is 1. The number of likely N-dealkylation sites (tertiary alicyclic amines) is 1. The van der Waals surface area contributed by atoms with Crippen molar-refractivity contribution in [3.8, 4) is 0 Å². The van der Waals surface area contributed by atoms with E-state index in [1.807, 2.05) is 0 Å².